The summed E-state index contributed by atoms with van der Waals surface area (Å²) in [7, 11) is 1.49. The monoisotopic (exact) mass is 385 g/mol. The molecular weight excluding hydrogens is 369 g/mol. The number of aliphatic imine (C=N–C) groups is 1. The summed E-state index contributed by atoms with van der Waals surface area (Å²) in [5, 5.41) is 0. The normalized spacial score (nSPS) is 17.1. The molecule has 1 heterocycles. The van der Waals surface area contributed by atoms with Gasteiger partial charge in [0.1, 0.15) is 11.6 Å². The summed E-state index contributed by atoms with van der Waals surface area (Å²) in [6, 6.07) is 8.67. The summed E-state index contributed by atoms with van der Waals surface area (Å²) >= 11 is 0. The fourth-order valence-electron chi connectivity index (χ4n) is 2.30. The van der Waals surface area contributed by atoms with Crippen molar-refractivity contribution >= 4 is 11.9 Å². The van der Waals surface area contributed by atoms with Crippen molar-refractivity contribution in [3.05, 3.63) is 71.3 Å². The maximum absolute atomic E-state index is 13.5. The van der Waals surface area contributed by atoms with Crippen molar-refractivity contribution in [1.29, 1.82) is 0 Å². The van der Waals surface area contributed by atoms with Gasteiger partial charge in [0.2, 0.25) is 5.91 Å². The van der Waals surface area contributed by atoms with E-state index in [1.165, 1.54) is 24.1 Å². The number of rotatable bonds is 1. The highest BCUT2D eigenvalue weighted by molar-refractivity contribution is 5.98. The van der Waals surface area contributed by atoms with Crippen molar-refractivity contribution in [2.24, 2.45) is 10.7 Å². The Balaban J connectivity index is 0.000000223. The van der Waals surface area contributed by atoms with E-state index in [2.05, 4.69) is 4.99 Å². The van der Waals surface area contributed by atoms with Crippen LogP contribution in [-0.4, -0.2) is 23.8 Å². The van der Waals surface area contributed by atoms with Crippen LogP contribution >= 0.6 is 0 Å². The molecule has 0 fully saturated rings. The zero-order valence-corrected chi connectivity index (χ0v) is 14.2. The maximum atomic E-state index is 13.5. The lowest BCUT2D eigenvalue weighted by atomic mass is 10.0. The van der Waals surface area contributed by atoms with Crippen LogP contribution in [0.15, 0.2) is 53.5 Å². The van der Waals surface area contributed by atoms with E-state index in [-0.39, 0.29) is 23.9 Å². The Morgan fingerprint density at radius 1 is 1.11 bits per heavy atom. The van der Waals surface area contributed by atoms with Gasteiger partial charge in [-0.25, -0.2) is 13.8 Å². The number of guanidine groups is 1. The van der Waals surface area contributed by atoms with E-state index in [0.717, 1.165) is 30.3 Å². The van der Waals surface area contributed by atoms with E-state index in [0.29, 0.717) is 0 Å². The molecule has 0 spiro atoms. The number of nitrogens with zero attached hydrogens (tertiary/aromatic N) is 2. The molecule has 1 amide bonds. The minimum Gasteiger partial charge on any atom is -0.369 e. The first kappa shape index (κ1) is 20.3. The van der Waals surface area contributed by atoms with Gasteiger partial charge in [-0.05, 0) is 18.2 Å². The molecular formula is C18H16F5N3O. The number of amides is 1. The molecule has 1 unspecified atom stereocenters. The summed E-state index contributed by atoms with van der Waals surface area (Å²) in [6.45, 7) is 0. The highest BCUT2D eigenvalue weighted by Crippen LogP contribution is 2.29. The molecule has 3 rings (SSSR count). The Hall–Kier alpha value is -2.97. The fraction of sp³-hybridized carbons (Fsp3) is 0.222. The van der Waals surface area contributed by atoms with Gasteiger partial charge < -0.3 is 5.73 Å². The first-order valence-electron chi connectivity index (χ1n) is 7.76. The SMILES string of the molecule is CN1C(=O)CC(c2cc(F)ccc2F)N=C1N.FC(F)(F)c1ccccc1. The molecule has 1 aliphatic heterocycles. The molecule has 0 bridgehead atoms. The number of nitrogens with two attached hydrogens (primary N) is 1. The van der Waals surface area contributed by atoms with Gasteiger partial charge in [-0.3, -0.25) is 9.69 Å². The Morgan fingerprint density at radius 2 is 1.74 bits per heavy atom. The largest absolute Gasteiger partial charge is 0.416 e. The highest BCUT2D eigenvalue weighted by Gasteiger charge is 2.29. The highest BCUT2D eigenvalue weighted by atomic mass is 19.4. The van der Waals surface area contributed by atoms with Gasteiger partial charge >= 0.3 is 6.18 Å². The molecule has 2 aromatic carbocycles. The summed E-state index contributed by atoms with van der Waals surface area (Å²) in [6.07, 6.45) is -4.22. The van der Waals surface area contributed by atoms with E-state index in [1.54, 1.807) is 6.07 Å². The van der Waals surface area contributed by atoms with Gasteiger partial charge in [0, 0.05) is 12.6 Å². The lowest BCUT2D eigenvalue weighted by Gasteiger charge is -2.25. The average molecular weight is 385 g/mol. The summed E-state index contributed by atoms with van der Waals surface area (Å²) in [5.41, 5.74) is 4.97. The standard InChI is InChI=1S/C11H11F2N3O.C7H5F3/c1-16-10(17)5-9(15-11(16)14)7-4-6(12)2-3-8(7)13;8-7(9,10)6-4-2-1-3-5-6/h2-4,9H,5H2,1H3,(H2,14,15);1-5H. The lowest BCUT2D eigenvalue weighted by molar-refractivity contribution is -0.137. The first-order valence-corrected chi connectivity index (χ1v) is 7.76. The third kappa shape index (κ3) is 5.25. The Kier molecular flexibility index (Phi) is 6.14. The second-order valence-electron chi connectivity index (χ2n) is 5.69. The zero-order chi connectivity index (χ0) is 20.2. The second-order valence-corrected chi connectivity index (χ2v) is 5.69. The van der Waals surface area contributed by atoms with Gasteiger partial charge in [0.15, 0.2) is 5.96 Å². The summed E-state index contributed by atoms with van der Waals surface area (Å²) < 4.78 is 61.9. The smallest absolute Gasteiger partial charge is 0.369 e. The van der Waals surface area contributed by atoms with E-state index < -0.39 is 29.4 Å². The molecule has 27 heavy (non-hydrogen) atoms. The topological polar surface area (TPSA) is 58.7 Å². The van der Waals surface area contributed by atoms with Crippen molar-refractivity contribution in [3.63, 3.8) is 0 Å². The summed E-state index contributed by atoms with van der Waals surface area (Å²) in [5.74, 6) is -1.42. The molecule has 1 aliphatic rings. The number of carbonyl (C=O) groups is 1. The number of hydrogen-bond donors (Lipinski definition) is 1. The van der Waals surface area contributed by atoms with Gasteiger partial charge in [-0.2, -0.15) is 13.2 Å². The number of benzene rings is 2. The van der Waals surface area contributed by atoms with Gasteiger partial charge in [0.05, 0.1) is 18.0 Å². The second kappa shape index (κ2) is 8.15. The van der Waals surface area contributed by atoms with Crippen molar-refractivity contribution in [2.75, 3.05) is 7.05 Å². The lowest BCUT2D eigenvalue weighted by Crippen LogP contribution is -2.42. The van der Waals surface area contributed by atoms with Crippen LogP contribution < -0.4 is 5.73 Å². The predicted octanol–water partition coefficient (Wildman–Crippen LogP) is 3.89. The van der Waals surface area contributed by atoms with Crippen LogP contribution in [0.5, 0.6) is 0 Å². The molecule has 144 valence electrons. The number of hydrogen-bond acceptors (Lipinski definition) is 3. The molecule has 2 aromatic rings. The first-order chi connectivity index (χ1) is 12.6. The molecule has 9 heteroatoms. The van der Waals surface area contributed by atoms with Crippen LogP contribution in [0.3, 0.4) is 0 Å². The number of alkyl halides is 3. The van der Waals surface area contributed by atoms with Crippen LogP contribution in [-0.2, 0) is 11.0 Å². The zero-order valence-electron chi connectivity index (χ0n) is 14.2. The quantitative estimate of drug-likeness (QED) is 0.758. The predicted molar refractivity (Wildman–Crippen MR) is 89.6 cm³/mol. The molecule has 0 aromatic heterocycles. The van der Waals surface area contributed by atoms with Crippen LogP contribution in [0.2, 0.25) is 0 Å². The van der Waals surface area contributed by atoms with Gasteiger partial charge in [-0.15, -0.1) is 0 Å². The fourth-order valence-corrected chi connectivity index (χ4v) is 2.30. The van der Waals surface area contributed by atoms with Crippen LogP contribution in [0.25, 0.3) is 0 Å². The number of halogens is 5. The van der Waals surface area contributed by atoms with Crippen molar-refractivity contribution in [1.82, 2.24) is 4.90 Å². The van der Waals surface area contributed by atoms with E-state index in [9.17, 15) is 26.7 Å². The van der Waals surface area contributed by atoms with Crippen molar-refractivity contribution < 1.29 is 26.7 Å². The molecule has 0 aliphatic carbocycles. The van der Waals surface area contributed by atoms with Crippen molar-refractivity contribution in [3.8, 4) is 0 Å². The van der Waals surface area contributed by atoms with E-state index in [4.69, 9.17) is 5.73 Å². The molecule has 4 nitrogen and oxygen atoms in total. The molecule has 0 saturated heterocycles. The number of carbonyl (C=O) groups excluding carboxylic acids is 1. The Bertz CT molecular complexity index is 837. The molecule has 1 atom stereocenters. The third-order valence-corrected chi connectivity index (χ3v) is 3.79. The third-order valence-electron chi connectivity index (χ3n) is 3.79. The van der Waals surface area contributed by atoms with Crippen LogP contribution in [0.1, 0.15) is 23.6 Å². The van der Waals surface area contributed by atoms with Crippen LogP contribution in [0.4, 0.5) is 22.0 Å². The molecule has 0 radical (unpaired) electrons. The van der Waals surface area contributed by atoms with Gasteiger partial charge in [0.25, 0.3) is 0 Å². The minimum atomic E-state index is -4.21. The van der Waals surface area contributed by atoms with E-state index in [1.807, 2.05) is 0 Å². The minimum absolute atomic E-state index is 0.00918. The summed E-state index contributed by atoms with van der Waals surface area (Å²) in [4.78, 5) is 16.7. The van der Waals surface area contributed by atoms with E-state index >= 15 is 0 Å². The van der Waals surface area contributed by atoms with Gasteiger partial charge in [-0.1, -0.05) is 30.3 Å². The van der Waals surface area contributed by atoms with Crippen molar-refractivity contribution in [2.45, 2.75) is 18.6 Å². The average Bonchev–Trinajstić information content (AvgIpc) is 2.62. The van der Waals surface area contributed by atoms with Crippen LogP contribution in [0, 0.1) is 11.6 Å². The Morgan fingerprint density at radius 3 is 2.26 bits per heavy atom. The maximum Gasteiger partial charge on any atom is 0.416 e. The Labute approximate surface area is 152 Å². The molecule has 2 N–H and O–H groups in total. The molecule has 0 saturated carbocycles.